The third-order valence-corrected chi connectivity index (χ3v) is 15.4. The molecule has 0 saturated heterocycles. The van der Waals surface area contributed by atoms with Crippen LogP contribution < -0.4 is 10.5 Å². The molecule has 77 heavy (non-hydrogen) atoms. The van der Waals surface area contributed by atoms with Crippen molar-refractivity contribution in [3.8, 4) is 45.3 Å². The van der Waals surface area contributed by atoms with Crippen LogP contribution in [0.25, 0.3) is 22.3 Å². The van der Waals surface area contributed by atoms with Gasteiger partial charge in [0.05, 0.1) is 21.2 Å². The molecule has 8 aromatic rings. The van der Waals surface area contributed by atoms with Gasteiger partial charge in [0.1, 0.15) is 37.8 Å². The molecule has 404 valence electrons. The van der Waals surface area contributed by atoms with Gasteiger partial charge in [0, 0.05) is 51.4 Å². The summed E-state index contributed by atoms with van der Waals surface area (Å²) in [4.78, 5) is 17.8. The van der Waals surface area contributed by atoms with Gasteiger partial charge in [-0.3, -0.25) is 25.0 Å². The highest BCUT2D eigenvalue weighted by Gasteiger charge is 2.28. The van der Waals surface area contributed by atoms with Gasteiger partial charge in [-0.2, -0.15) is 0 Å². The van der Waals surface area contributed by atoms with Crippen LogP contribution in [-0.2, 0) is 28.1 Å². The lowest BCUT2D eigenvalue weighted by atomic mass is 10.1. The van der Waals surface area contributed by atoms with Crippen molar-refractivity contribution in [2.24, 2.45) is 0 Å². The molecule has 0 aliphatic carbocycles. The minimum absolute atomic E-state index is 0.0669. The first-order valence-electron chi connectivity index (χ1n) is 20.5. The number of nitro groups is 2. The number of rotatable bonds is 9. The number of sulfonamides is 1. The van der Waals surface area contributed by atoms with Crippen molar-refractivity contribution in [1.29, 1.82) is 0 Å². The summed E-state index contributed by atoms with van der Waals surface area (Å²) in [7, 11) is -2.58. The summed E-state index contributed by atoms with van der Waals surface area (Å²) in [5.41, 5.74) is 7.05. The van der Waals surface area contributed by atoms with Crippen molar-refractivity contribution in [3.05, 3.63) is 214 Å². The molecule has 0 spiro atoms. The van der Waals surface area contributed by atoms with Gasteiger partial charge in [-0.25, -0.2) is 34.0 Å². The van der Waals surface area contributed by atoms with Crippen molar-refractivity contribution in [2.75, 3.05) is 10.5 Å². The molecular weight excluding hydrogens is 1380 g/mol. The number of hydrogen-bond acceptors (Lipinski definition) is 15. The Kier molecular flexibility index (Phi) is 22.7. The summed E-state index contributed by atoms with van der Waals surface area (Å²) in [6.45, 7) is 0. The molecule has 29 heteroatoms. The van der Waals surface area contributed by atoms with Crippen LogP contribution in [0.2, 0.25) is 0 Å². The smallest absolute Gasteiger partial charge is 0.313 e. The Bertz CT molecular complexity index is 3770. The highest BCUT2D eigenvalue weighted by Crippen LogP contribution is 2.39. The van der Waals surface area contributed by atoms with Gasteiger partial charge in [0.15, 0.2) is 0 Å². The molecule has 0 amide bonds. The van der Waals surface area contributed by atoms with Gasteiger partial charge in [0.25, 0.3) is 28.1 Å². The summed E-state index contributed by atoms with van der Waals surface area (Å²) < 4.78 is 99.7. The summed E-state index contributed by atoms with van der Waals surface area (Å²) in [5, 5.41) is 58.5. The van der Waals surface area contributed by atoms with E-state index in [-0.39, 0.29) is 36.8 Å². The van der Waals surface area contributed by atoms with Crippen LogP contribution in [0, 0.1) is 31.9 Å². The number of nitrogens with two attached hydrogens (primary N) is 1. The summed E-state index contributed by atoms with van der Waals surface area (Å²) >= 11 is 12.1. The van der Waals surface area contributed by atoms with E-state index in [1.165, 1.54) is 36.4 Å². The van der Waals surface area contributed by atoms with Gasteiger partial charge in [-0.15, -0.1) is 0 Å². The highest BCUT2D eigenvalue weighted by molar-refractivity contribution is 9.11. The Morgan fingerprint density at radius 2 is 0.909 bits per heavy atom. The maximum atomic E-state index is 14.5. The lowest BCUT2D eigenvalue weighted by Crippen LogP contribution is -2.14. The zero-order chi connectivity index (χ0) is 57.6. The third kappa shape index (κ3) is 18.9. The first kappa shape index (κ1) is 63.1. The van der Waals surface area contributed by atoms with Gasteiger partial charge in [-0.05, 0) is 101 Å². The van der Waals surface area contributed by atoms with Crippen molar-refractivity contribution in [2.45, 2.75) is 14.7 Å². The molecule has 8 aromatic carbocycles. The van der Waals surface area contributed by atoms with Gasteiger partial charge in [0.2, 0.25) is 11.5 Å². The third-order valence-electron chi connectivity index (χ3n) is 9.42. The van der Waals surface area contributed by atoms with Crippen molar-refractivity contribution in [1.82, 2.24) is 0 Å². The Hall–Kier alpha value is -6.43. The van der Waals surface area contributed by atoms with Gasteiger partial charge >= 0.3 is 11.4 Å². The van der Waals surface area contributed by atoms with E-state index in [1.54, 1.807) is 60.7 Å². The van der Waals surface area contributed by atoms with Crippen molar-refractivity contribution < 1.29 is 64.3 Å². The molecule has 8 rings (SSSR count). The van der Waals surface area contributed by atoms with Crippen LogP contribution >= 0.6 is 85.1 Å². The normalized spacial score (nSPS) is 10.9. The minimum atomic E-state index is -4.50. The van der Waals surface area contributed by atoms with E-state index >= 15 is 0 Å². The average molecular weight is 1420 g/mol. The molecule has 0 fully saturated rings. The van der Waals surface area contributed by atoms with E-state index in [1.807, 2.05) is 41.1 Å². The predicted molar refractivity (Wildman–Crippen MR) is 302 cm³/mol. The van der Waals surface area contributed by atoms with Crippen LogP contribution in [0.15, 0.2) is 196 Å². The lowest BCUT2D eigenvalue weighted by molar-refractivity contribution is -0.386. The van der Waals surface area contributed by atoms with Crippen LogP contribution in [0.4, 0.5) is 31.5 Å². The summed E-state index contributed by atoms with van der Waals surface area (Å²) in [6, 6.07) is 42.1. The molecule has 0 aliphatic rings. The molecule has 0 aromatic heterocycles. The van der Waals surface area contributed by atoms with E-state index in [0.717, 1.165) is 51.5 Å². The second kappa shape index (κ2) is 27.8. The fourth-order valence-corrected chi connectivity index (χ4v) is 11.0. The molecule has 0 saturated carbocycles. The fraction of sp³-hybridized carbons (Fsp3) is 0. The lowest BCUT2D eigenvalue weighted by Gasteiger charge is -2.12. The van der Waals surface area contributed by atoms with Crippen LogP contribution in [0.5, 0.6) is 23.0 Å². The molecule has 0 atom stereocenters. The topological polar surface area (TPSA) is 308 Å². The number of nitro benzene ring substituents is 2. The highest BCUT2D eigenvalue weighted by atomic mass is 79.9. The molecule has 7 N–H and O–H groups in total. The molecular formula is C48H34Br4Cl2F2N4O14S3. The number of nitrogens with one attached hydrogen (secondary N) is 1. The molecule has 0 unspecified atom stereocenters. The Labute approximate surface area is 480 Å². The number of aromatic hydroxyl groups is 4. The maximum absolute atomic E-state index is 14.5. The number of halogens is 8. The van der Waals surface area contributed by atoms with Crippen LogP contribution in [-0.4, -0.2) is 55.5 Å². The van der Waals surface area contributed by atoms with E-state index in [4.69, 9.17) is 37.3 Å². The zero-order valence-corrected chi connectivity index (χ0v) is 48.5. The second-order valence-corrected chi connectivity index (χ2v) is 25.2. The second-order valence-electron chi connectivity index (χ2n) is 14.8. The predicted octanol–water partition coefficient (Wildman–Crippen LogP) is 14.0. The van der Waals surface area contributed by atoms with Crippen LogP contribution in [0.3, 0.4) is 0 Å². The molecule has 0 aliphatic heterocycles. The van der Waals surface area contributed by atoms with Crippen LogP contribution in [0.1, 0.15) is 0 Å². The number of nitrogens with zero attached hydrogens (tertiary/aromatic N) is 2. The number of anilines is 2. The SMILES string of the molecule is Nc1cc(-c2ccccc2)ccc1F.O=S(=O)(Cl)c1cc(Br)ccc1O.O=[N+]([O-])c1cc(Br)cc(S(=O)(=O)Cl)c1O.O=[N+]([O-])c1cc(Br)cc(S(=O)(=O)Nc2ccc(-c3ccccc3)cc2F)c1O.Oc1ccc(Br)cc1. The number of hydrogen-bond donors (Lipinski definition) is 6. The van der Waals surface area contributed by atoms with E-state index < -0.39 is 76.5 Å². The Morgan fingerprint density at radius 1 is 0.481 bits per heavy atom. The van der Waals surface area contributed by atoms with E-state index in [9.17, 15) is 64.5 Å². The minimum Gasteiger partial charge on any atom is -0.508 e. The van der Waals surface area contributed by atoms with Gasteiger partial charge < -0.3 is 26.2 Å². The molecule has 0 bridgehead atoms. The first-order chi connectivity index (χ1) is 35.9. The summed E-state index contributed by atoms with van der Waals surface area (Å²) in [6.07, 6.45) is 0. The number of phenolic OH excluding ortho intramolecular Hbond substituents is 4. The number of nitrogen functional groups attached to an aromatic ring is 1. The van der Waals surface area contributed by atoms with E-state index in [2.05, 4.69) is 63.7 Å². The van der Waals surface area contributed by atoms with Crippen molar-refractivity contribution in [3.63, 3.8) is 0 Å². The Balaban J connectivity index is 0.000000223. The summed E-state index contributed by atoms with van der Waals surface area (Å²) in [5.74, 6) is -3.28. The molecule has 0 radical (unpaired) electrons. The largest absolute Gasteiger partial charge is 0.508 e. The Morgan fingerprint density at radius 3 is 1.34 bits per heavy atom. The number of benzene rings is 8. The van der Waals surface area contributed by atoms with E-state index in [0.29, 0.717) is 15.8 Å². The van der Waals surface area contributed by atoms with Crippen molar-refractivity contribution >= 4 is 136 Å². The molecule has 18 nitrogen and oxygen atoms in total. The fourth-order valence-electron chi connectivity index (χ4n) is 5.88. The molecule has 0 heterocycles. The monoisotopic (exact) mass is 1410 g/mol. The zero-order valence-electron chi connectivity index (χ0n) is 38.2. The first-order valence-corrected chi connectivity index (χ1v) is 29.8. The average Bonchev–Trinajstić information content (AvgIpc) is 3.37. The maximum Gasteiger partial charge on any atom is 0.313 e. The number of phenols is 4. The van der Waals surface area contributed by atoms with Gasteiger partial charge in [-0.1, -0.05) is 137 Å². The standard InChI is InChI=1S/C18H12BrFN2O5S.C12H10FN.C6H3BrClNO5S.C6H4BrClO3S.C6H5BrO/c19-13-9-16(22(24)25)18(23)17(10-13)28(26,27)21-15-7-6-12(8-14(15)20)11-4-2-1-3-5-11;13-11-7-6-10(8-12(11)14)9-4-2-1-3-5-9;7-3-1-4(9(11)12)6(10)5(2-3)15(8,13)14;7-4-1-2-5(9)6(3-4)12(8,10)11;7-5-1-3-6(8)4-2-5/h1-10,21,23H;1-8H,14H2;1-2,10H;1-3,9H;1-4,8H. The quantitative estimate of drug-likeness (QED) is 0.0339.